The third kappa shape index (κ3) is 1.95. The molecule has 1 aliphatic carbocycles. The average molecular weight is 194 g/mol. The second-order valence-corrected chi connectivity index (χ2v) is 3.87. The number of hydrogen-bond donors (Lipinski definition) is 1. The number of carboxylic acids is 1. The highest BCUT2D eigenvalue weighted by Gasteiger charge is 2.19. The van der Waals surface area contributed by atoms with Gasteiger partial charge in [0.15, 0.2) is 0 Å². The Kier molecular flexibility index (Phi) is 2.52. The molecule has 0 saturated heterocycles. The van der Waals surface area contributed by atoms with Crippen LogP contribution in [0.4, 0.5) is 0 Å². The molecular formula is C10H14N2O2. The SMILES string of the molecule is O=C(O)Cc1ccnn1CC1CCC1. The van der Waals surface area contributed by atoms with Crippen molar-refractivity contribution in [1.82, 2.24) is 9.78 Å². The summed E-state index contributed by atoms with van der Waals surface area (Å²) in [4.78, 5) is 10.5. The fourth-order valence-corrected chi connectivity index (χ4v) is 1.75. The second kappa shape index (κ2) is 3.82. The molecule has 1 heterocycles. The average Bonchev–Trinajstić information content (AvgIpc) is 2.44. The minimum Gasteiger partial charge on any atom is -0.481 e. The summed E-state index contributed by atoms with van der Waals surface area (Å²) in [5, 5.41) is 12.8. The van der Waals surface area contributed by atoms with Crippen molar-refractivity contribution in [2.75, 3.05) is 0 Å². The fourth-order valence-electron chi connectivity index (χ4n) is 1.75. The van der Waals surface area contributed by atoms with Crippen molar-refractivity contribution in [3.63, 3.8) is 0 Å². The maximum absolute atomic E-state index is 10.5. The highest BCUT2D eigenvalue weighted by molar-refractivity contribution is 5.69. The molecule has 1 aliphatic rings. The van der Waals surface area contributed by atoms with Crippen LogP contribution in [0.25, 0.3) is 0 Å². The van der Waals surface area contributed by atoms with Crippen molar-refractivity contribution in [2.24, 2.45) is 5.92 Å². The first-order valence-electron chi connectivity index (χ1n) is 4.98. The summed E-state index contributed by atoms with van der Waals surface area (Å²) in [6.45, 7) is 0.885. The van der Waals surface area contributed by atoms with Gasteiger partial charge in [-0.3, -0.25) is 9.48 Å². The summed E-state index contributed by atoms with van der Waals surface area (Å²) in [6, 6.07) is 1.78. The molecule has 0 aromatic carbocycles. The summed E-state index contributed by atoms with van der Waals surface area (Å²) >= 11 is 0. The van der Waals surface area contributed by atoms with E-state index in [2.05, 4.69) is 5.10 Å². The van der Waals surface area contributed by atoms with E-state index in [9.17, 15) is 4.79 Å². The van der Waals surface area contributed by atoms with Gasteiger partial charge in [-0.05, 0) is 24.8 Å². The minimum absolute atomic E-state index is 0.0761. The monoisotopic (exact) mass is 194 g/mol. The molecule has 1 aromatic rings. The Morgan fingerprint density at radius 2 is 2.43 bits per heavy atom. The standard InChI is InChI=1S/C10H14N2O2/c13-10(14)6-9-4-5-11-12(9)7-8-2-1-3-8/h4-5,8H,1-3,6-7H2,(H,13,14). The number of carboxylic acid groups (broad SMARTS) is 1. The lowest BCUT2D eigenvalue weighted by atomic mass is 9.85. The van der Waals surface area contributed by atoms with E-state index in [0.29, 0.717) is 5.92 Å². The Bertz CT molecular complexity index is 329. The zero-order valence-electron chi connectivity index (χ0n) is 8.02. The van der Waals surface area contributed by atoms with Crippen LogP contribution in [0.3, 0.4) is 0 Å². The molecule has 0 spiro atoms. The summed E-state index contributed by atoms with van der Waals surface area (Å²) in [5.74, 6) is -0.0807. The van der Waals surface area contributed by atoms with Crippen LogP contribution in [0.15, 0.2) is 12.3 Å². The first kappa shape index (κ1) is 9.24. The van der Waals surface area contributed by atoms with Crippen molar-refractivity contribution in [2.45, 2.75) is 32.2 Å². The third-order valence-electron chi connectivity index (χ3n) is 2.79. The molecule has 0 unspecified atom stereocenters. The van der Waals surface area contributed by atoms with Crippen LogP contribution < -0.4 is 0 Å². The first-order chi connectivity index (χ1) is 6.75. The Labute approximate surface area is 82.5 Å². The maximum Gasteiger partial charge on any atom is 0.309 e. The predicted octanol–water partition coefficient (Wildman–Crippen LogP) is 1.31. The molecule has 4 nitrogen and oxygen atoms in total. The Hall–Kier alpha value is -1.32. The molecule has 1 N–H and O–H groups in total. The zero-order chi connectivity index (χ0) is 9.97. The summed E-state index contributed by atoms with van der Waals surface area (Å²) < 4.78 is 1.83. The normalized spacial score (nSPS) is 16.6. The van der Waals surface area contributed by atoms with E-state index in [1.807, 2.05) is 4.68 Å². The third-order valence-corrected chi connectivity index (χ3v) is 2.79. The van der Waals surface area contributed by atoms with E-state index in [-0.39, 0.29) is 6.42 Å². The lowest BCUT2D eigenvalue weighted by Gasteiger charge is -2.25. The lowest BCUT2D eigenvalue weighted by molar-refractivity contribution is -0.136. The number of nitrogens with zero attached hydrogens (tertiary/aromatic N) is 2. The molecule has 76 valence electrons. The van der Waals surface area contributed by atoms with Gasteiger partial charge in [0.25, 0.3) is 0 Å². The summed E-state index contributed by atoms with van der Waals surface area (Å²) in [7, 11) is 0. The van der Waals surface area contributed by atoms with E-state index in [0.717, 1.165) is 12.2 Å². The Morgan fingerprint density at radius 3 is 3.00 bits per heavy atom. The van der Waals surface area contributed by atoms with Crippen LogP contribution in [-0.2, 0) is 17.8 Å². The van der Waals surface area contributed by atoms with Crippen molar-refractivity contribution >= 4 is 5.97 Å². The van der Waals surface area contributed by atoms with Gasteiger partial charge in [-0.15, -0.1) is 0 Å². The van der Waals surface area contributed by atoms with Crippen LogP contribution in [0.5, 0.6) is 0 Å². The largest absolute Gasteiger partial charge is 0.481 e. The minimum atomic E-state index is -0.791. The molecule has 14 heavy (non-hydrogen) atoms. The van der Waals surface area contributed by atoms with Gasteiger partial charge >= 0.3 is 5.97 Å². The van der Waals surface area contributed by atoms with Crippen LogP contribution in [0.1, 0.15) is 25.0 Å². The number of hydrogen-bond acceptors (Lipinski definition) is 2. The van der Waals surface area contributed by atoms with Gasteiger partial charge in [0.05, 0.1) is 6.42 Å². The quantitative estimate of drug-likeness (QED) is 0.786. The van der Waals surface area contributed by atoms with Crippen molar-refractivity contribution in [1.29, 1.82) is 0 Å². The van der Waals surface area contributed by atoms with Gasteiger partial charge in [-0.2, -0.15) is 5.10 Å². The van der Waals surface area contributed by atoms with Gasteiger partial charge in [-0.25, -0.2) is 0 Å². The molecule has 0 radical (unpaired) electrons. The van der Waals surface area contributed by atoms with Crippen LogP contribution in [0, 0.1) is 5.92 Å². The molecule has 0 aliphatic heterocycles. The van der Waals surface area contributed by atoms with Gasteiger partial charge in [-0.1, -0.05) is 6.42 Å². The van der Waals surface area contributed by atoms with E-state index in [1.54, 1.807) is 12.3 Å². The van der Waals surface area contributed by atoms with Crippen molar-refractivity contribution < 1.29 is 9.90 Å². The number of carbonyl (C=O) groups is 1. The fraction of sp³-hybridized carbons (Fsp3) is 0.600. The van der Waals surface area contributed by atoms with Crippen LogP contribution >= 0.6 is 0 Å². The Balaban J connectivity index is 2.00. The molecule has 0 atom stereocenters. The number of aliphatic carboxylic acids is 1. The molecular weight excluding hydrogens is 180 g/mol. The Morgan fingerprint density at radius 1 is 1.64 bits per heavy atom. The van der Waals surface area contributed by atoms with Gasteiger partial charge < -0.3 is 5.11 Å². The van der Waals surface area contributed by atoms with E-state index < -0.39 is 5.97 Å². The maximum atomic E-state index is 10.5. The molecule has 0 bridgehead atoms. The second-order valence-electron chi connectivity index (χ2n) is 3.87. The number of rotatable bonds is 4. The van der Waals surface area contributed by atoms with E-state index >= 15 is 0 Å². The van der Waals surface area contributed by atoms with Gasteiger partial charge in [0.1, 0.15) is 0 Å². The van der Waals surface area contributed by atoms with Crippen molar-refractivity contribution in [3.8, 4) is 0 Å². The zero-order valence-corrected chi connectivity index (χ0v) is 8.02. The summed E-state index contributed by atoms with van der Waals surface area (Å²) in [5.41, 5.74) is 0.810. The number of aromatic nitrogens is 2. The molecule has 2 rings (SSSR count). The van der Waals surface area contributed by atoms with Crippen LogP contribution in [-0.4, -0.2) is 20.9 Å². The smallest absolute Gasteiger partial charge is 0.309 e. The molecule has 0 amide bonds. The molecule has 1 fully saturated rings. The van der Waals surface area contributed by atoms with Crippen molar-refractivity contribution in [3.05, 3.63) is 18.0 Å². The summed E-state index contributed by atoms with van der Waals surface area (Å²) in [6.07, 6.45) is 5.57. The topological polar surface area (TPSA) is 55.1 Å². The van der Waals surface area contributed by atoms with E-state index in [1.165, 1.54) is 19.3 Å². The van der Waals surface area contributed by atoms with Crippen LogP contribution in [0.2, 0.25) is 0 Å². The highest BCUT2D eigenvalue weighted by Crippen LogP contribution is 2.27. The molecule has 4 heteroatoms. The molecule has 1 saturated carbocycles. The lowest BCUT2D eigenvalue weighted by Crippen LogP contribution is -2.20. The predicted molar refractivity (Wildman–Crippen MR) is 50.9 cm³/mol. The van der Waals surface area contributed by atoms with Gasteiger partial charge in [0, 0.05) is 18.4 Å². The van der Waals surface area contributed by atoms with E-state index in [4.69, 9.17) is 5.11 Å². The van der Waals surface area contributed by atoms with Gasteiger partial charge in [0.2, 0.25) is 0 Å². The highest BCUT2D eigenvalue weighted by atomic mass is 16.4. The first-order valence-corrected chi connectivity index (χ1v) is 4.98. The molecule has 1 aromatic heterocycles.